The van der Waals surface area contributed by atoms with Crippen molar-refractivity contribution in [2.24, 2.45) is 0 Å². The maximum Gasteiger partial charge on any atom is 0.322 e. The highest BCUT2D eigenvalue weighted by atomic mass is 32.2. The summed E-state index contributed by atoms with van der Waals surface area (Å²) >= 11 is 0. The molecule has 0 N–H and O–H groups in total. The van der Waals surface area contributed by atoms with Crippen molar-refractivity contribution in [3.8, 4) is 5.75 Å². The molecule has 76 valence electrons. The van der Waals surface area contributed by atoms with E-state index in [1.54, 1.807) is 6.92 Å². The normalized spacial score (nSPS) is 30.7. The largest absolute Gasteiger partial charge is 0.460 e. The standard InChI is InChI=1S/C9H10O4S/c1-3-5-6-4-9(2)8(12-6)7(5)13-14(9,10)11/h3-4H2,1-2H3. The van der Waals surface area contributed by atoms with Crippen molar-refractivity contribution in [3.63, 3.8) is 0 Å². The van der Waals surface area contributed by atoms with Gasteiger partial charge in [-0.25, -0.2) is 0 Å². The molecule has 1 aromatic heterocycles. The summed E-state index contributed by atoms with van der Waals surface area (Å²) in [6.07, 6.45) is 1.18. The van der Waals surface area contributed by atoms with Gasteiger partial charge in [-0.2, -0.15) is 8.42 Å². The fourth-order valence-corrected chi connectivity index (χ4v) is 3.47. The summed E-state index contributed by atoms with van der Waals surface area (Å²) in [5.74, 6) is 1.74. The molecular weight excluding hydrogens is 204 g/mol. The fraction of sp³-hybridized carbons (Fsp3) is 0.556. The lowest BCUT2D eigenvalue weighted by atomic mass is 9.94. The van der Waals surface area contributed by atoms with Gasteiger partial charge in [-0.3, -0.25) is 0 Å². The maximum absolute atomic E-state index is 11.7. The Balaban J connectivity index is 2.36. The zero-order valence-electron chi connectivity index (χ0n) is 7.96. The second-order valence-corrected chi connectivity index (χ2v) is 5.94. The van der Waals surface area contributed by atoms with Gasteiger partial charge in [0.1, 0.15) is 5.76 Å². The summed E-state index contributed by atoms with van der Waals surface area (Å²) in [4.78, 5) is 0. The Labute approximate surface area is 82.0 Å². The van der Waals surface area contributed by atoms with E-state index in [1.165, 1.54) is 0 Å². The van der Waals surface area contributed by atoms with Crippen LogP contribution in [0.5, 0.6) is 5.75 Å². The molecule has 2 bridgehead atoms. The molecule has 3 heterocycles. The zero-order chi connectivity index (χ0) is 10.1. The number of furan rings is 1. The van der Waals surface area contributed by atoms with Crippen LogP contribution in [0.25, 0.3) is 0 Å². The molecule has 0 saturated carbocycles. The number of hydrogen-bond donors (Lipinski definition) is 0. The van der Waals surface area contributed by atoms with E-state index in [0.717, 1.165) is 17.7 Å². The molecule has 0 spiro atoms. The second-order valence-electron chi connectivity index (χ2n) is 3.96. The van der Waals surface area contributed by atoms with Gasteiger partial charge in [-0.05, 0) is 13.3 Å². The maximum atomic E-state index is 11.7. The van der Waals surface area contributed by atoms with Crippen molar-refractivity contribution in [1.29, 1.82) is 0 Å². The Morgan fingerprint density at radius 3 is 2.86 bits per heavy atom. The summed E-state index contributed by atoms with van der Waals surface area (Å²) < 4.78 is 32.9. The minimum absolute atomic E-state index is 0.428. The van der Waals surface area contributed by atoms with Crippen molar-refractivity contribution in [1.82, 2.24) is 0 Å². The van der Waals surface area contributed by atoms with Crippen LogP contribution in [0.3, 0.4) is 0 Å². The average molecular weight is 214 g/mol. The van der Waals surface area contributed by atoms with Crippen LogP contribution in [0.1, 0.15) is 30.9 Å². The molecule has 1 unspecified atom stereocenters. The van der Waals surface area contributed by atoms with Gasteiger partial charge in [0.05, 0.1) is 0 Å². The van der Waals surface area contributed by atoms with E-state index in [4.69, 9.17) is 8.60 Å². The summed E-state index contributed by atoms with van der Waals surface area (Å²) in [5, 5.41) is 0. The minimum Gasteiger partial charge on any atom is -0.460 e. The molecule has 14 heavy (non-hydrogen) atoms. The highest BCUT2D eigenvalue weighted by Gasteiger charge is 2.60. The molecule has 5 heteroatoms. The smallest absolute Gasteiger partial charge is 0.322 e. The van der Waals surface area contributed by atoms with E-state index < -0.39 is 14.9 Å². The van der Waals surface area contributed by atoms with Gasteiger partial charge in [0.25, 0.3) is 0 Å². The van der Waals surface area contributed by atoms with Gasteiger partial charge in [-0.15, -0.1) is 0 Å². The molecule has 0 fully saturated rings. The topological polar surface area (TPSA) is 56.5 Å². The van der Waals surface area contributed by atoms with Gasteiger partial charge in [0.15, 0.2) is 16.3 Å². The Kier molecular flexibility index (Phi) is 1.19. The molecule has 3 rings (SSSR count). The molecule has 0 radical (unpaired) electrons. The average Bonchev–Trinajstić information content (AvgIpc) is 2.61. The Bertz CT molecular complexity index is 525. The predicted molar refractivity (Wildman–Crippen MR) is 48.7 cm³/mol. The van der Waals surface area contributed by atoms with E-state index in [-0.39, 0.29) is 0 Å². The Morgan fingerprint density at radius 2 is 2.21 bits per heavy atom. The summed E-state index contributed by atoms with van der Waals surface area (Å²) in [7, 11) is -3.51. The van der Waals surface area contributed by atoms with Gasteiger partial charge < -0.3 is 8.60 Å². The highest BCUT2D eigenvalue weighted by Crippen LogP contribution is 2.56. The first kappa shape index (κ1) is 8.35. The summed E-state index contributed by atoms with van der Waals surface area (Å²) in [5.41, 5.74) is 0.915. The lowest BCUT2D eigenvalue weighted by Crippen LogP contribution is -2.29. The first-order chi connectivity index (χ1) is 6.49. The molecule has 2 aliphatic heterocycles. The van der Waals surface area contributed by atoms with Crippen molar-refractivity contribution in [2.45, 2.75) is 31.4 Å². The monoisotopic (exact) mass is 214 g/mol. The summed E-state index contributed by atoms with van der Waals surface area (Å²) in [6, 6.07) is 0. The van der Waals surface area contributed by atoms with Crippen LogP contribution in [0.15, 0.2) is 4.42 Å². The highest BCUT2D eigenvalue weighted by molar-refractivity contribution is 7.88. The van der Waals surface area contributed by atoms with E-state index in [0.29, 0.717) is 17.9 Å². The van der Waals surface area contributed by atoms with Crippen LogP contribution in [-0.4, -0.2) is 8.42 Å². The van der Waals surface area contributed by atoms with Crippen LogP contribution in [0, 0.1) is 0 Å². The molecule has 1 atom stereocenters. The third-order valence-corrected chi connectivity index (χ3v) is 4.94. The van der Waals surface area contributed by atoms with E-state index in [9.17, 15) is 8.42 Å². The molecule has 2 aliphatic rings. The Morgan fingerprint density at radius 1 is 1.50 bits per heavy atom. The van der Waals surface area contributed by atoms with Gasteiger partial charge in [0, 0.05) is 12.0 Å². The number of fused-ring (bicyclic) bond motifs is 1. The van der Waals surface area contributed by atoms with Crippen LogP contribution < -0.4 is 4.18 Å². The third kappa shape index (κ3) is 0.628. The van der Waals surface area contributed by atoms with Gasteiger partial charge in [0.2, 0.25) is 0 Å². The lowest BCUT2D eigenvalue weighted by Gasteiger charge is -2.12. The zero-order valence-corrected chi connectivity index (χ0v) is 8.77. The van der Waals surface area contributed by atoms with Crippen molar-refractivity contribution >= 4 is 10.1 Å². The predicted octanol–water partition coefficient (Wildman–Crippen LogP) is 1.34. The SMILES string of the molecule is CCc1c2oc3c1OS(=O)(=O)C3(C)C2. The fourth-order valence-electron chi connectivity index (χ4n) is 2.22. The Hall–Kier alpha value is -0.970. The quantitative estimate of drug-likeness (QED) is 0.662. The van der Waals surface area contributed by atoms with Crippen molar-refractivity contribution < 1.29 is 17.0 Å². The molecule has 0 amide bonds. The second kappa shape index (κ2) is 2.00. The molecule has 4 nitrogen and oxygen atoms in total. The molecule has 0 aromatic carbocycles. The van der Waals surface area contributed by atoms with Crippen LogP contribution >= 0.6 is 0 Å². The number of hydrogen-bond acceptors (Lipinski definition) is 4. The molecule has 0 saturated heterocycles. The number of rotatable bonds is 1. The van der Waals surface area contributed by atoms with Gasteiger partial charge >= 0.3 is 10.1 Å². The van der Waals surface area contributed by atoms with Crippen molar-refractivity contribution in [3.05, 3.63) is 17.1 Å². The first-order valence-electron chi connectivity index (χ1n) is 4.58. The molecule has 1 aromatic rings. The van der Waals surface area contributed by atoms with Crippen molar-refractivity contribution in [2.75, 3.05) is 0 Å². The van der Waals surface area contributed by atoms with E-state index in [1.807, 2.05) is 6.92 Å². The van der Waals surface area contributed by atoms with E-state index >= 15 is 0 Å². The molecule has 0 aliphatic carbocycles. The van der Waals surface area contributed by atoms with Crippen LogP contribution in [-0.2, 0) is 27.7 Å². The van der Waals surface area contributed by atoms with Crippen LogP contribution in [0.2, 0.25) is 0 Å². The molecular formula is C9H10O4S. The summed E-state index contributed by atoms with van der Waals surface area (Å²) in [6.45, 7) is 3.62. The van der Waals surface area contributed by atoms with E-state index in [2.05, 4.69) is 0 Å². The first-order valence-corrected chi connectivity index (χ1v) is 5.99. The third-order valence-electron chi connectivity index (χ3n) is 3.12. The van der Waals surface area contributed by atoms with Crippen LogP contribution in [0.4, 0.5) is 0 Å². The minimum atomic E-state index is -3.51. The van der Waals surface area contributed by atoms with Gasteiger partial charge in [-0.1, -0.05) is 6.92 Å². The lowest BCUT2D eigenvalue weighted by molar-refractivity contribution is 0.477.